The van der Waals surface area contributed by atoms with E-state index in [0.29, 0.717) is 10.8 Å². The van der Waals surface area contributed by atoms with E-state index in [1.54, 1.807) is 0 Å². The van der Waals surface area contributed by atoms with Crippen LogP contribution >= 0.6 is 24.0 Å². The van der Waals surface area contributed by atoms with E-state index in [0.717, 1.165) is 21.2 Å². The average molecular weight is 513 g/mol. The maximum Gasteiger partial charge on any atom is 0.247 e. The summed E-state index contributed by atoms with van der Waals surface area (Å²) in [7, 11) is -3.86. The van der Waals surface area contributed by atoms with E-state index in [1.807, 2.05) is 54.6 Å². The lowest BCUT2D eigenvalue weighted by Gasteiger charge is -2.15. The van der Waals surface area contributed by atoms with Gasteiger partial charge >= 0.3 is 0 Å². The van der Waals surface area contributed by atoms with E-state index >= 15 is 0 Å². The Morgan fingerprint density at radius 2 is 1.50 bits per heavy atom. The molecular formula is C23H20N4O4S3. The molecule has 1 atom stereocenters. The van der Waals surface area contributed by atoms with Crippen LogP contribution in [-0.2, 0) is 19.6 Å². The fourth-order valence-corrected chi connectivity index (χ4v) is 5.15. The Hall–Kier alpha value is -3.25. The molecule has 0 spiro atoms. The van der Waals surface area contributed by atoms with Gasteiger partial charge in [-0.2, -0.15) is 0 Å². The van der Waals surface area contributed by atoms with Crippen molar-refractivity contribution in [3.63, 3.8) is 0 Å². The minimum absolute atomic E-state index is 0.0471. The summed E-state index contributed by atoms with van der Waals surface area (Å²) >= 11 is 6.62. The maximum atomic E-state index is 12.9. The van der Waals surface area contributed by atoms with Gasteiger partial charge in [0.25, 0.3) is 0 Å². The zero-order chi connectivity index (χ0) is 24.3. The summed E-state index contributed by atoms with van der Waals surface area (Å²) in [5.41, 5.74) is 1.97. The summed E-state index contributed by atoms with van der Waals surface area (Å²) in [5.74, 6) is -0.699. The number of hydrogen-bond donors (Lipinski definition) is 3. The molecule has 0 unspecified atom stereocenters. The van der Waals surface area contributed by atoms with Gasteiger partial charge in [-0.1, -0.05) is 18.2 Å². The van der Waals surface area contributed by atoms with Gasteiger partial charge in [0, 0.05) is 22.7 Å². The third-order valence-corrected chi connectivity index (χ3v) is 7.28. The third-order valence-electron chi connectivity index (χ3n) is 4.95. The van der Waals surface area contributed by atoms with Crippen molar-refractivity contribution in [3.05, 3.63) is 78.9 Å². The number of thioether (sulfide) groups is 1. The Morgan fingerprint density at radius 1 is 0.912 bits per heavy atom. The minimum Gasteiger partial charge on any atom is -0.332 e. The Bertz CT molecular complexity index is 1330. The van der Waals surface area contributed by atoms with Crippen molar-refractivity contribution in [1.29, 1.82) is 0 Å². The summed E-state index contributed by atoms with van der Waals surface area (Å²) in [5, 5.41) is 11.2. The Labute approximate surface area is 206 Å². The number of hydrogen-bond acceptors (Lipinski definition) is 6. The fourth-order valence-electron chi connectivity index (χ4n) is 3.35. The molecule has 11 heteroatoms. The summed E-state index contributed by atoms with van der Waals surface area (Å²) < 4.78 is 22.9. The first-order valence-corrected chi connectivity index (χ1v) is 12.9. The molecule has 0 bridgehead atoms. The van der Waals surface area contributed by atoms with Crippen LogP contribution in [0, 0.1) is 0 Å². The van der Waals surface area contributed by atoms with E-state index < -0.39 is 15.3 Å². The van der Waals surface area contributed by atoms with Gasteiger partial charge in [-0.25, -0.2) is 18.5 Å². The maximum absolute atomic E-state index is 12.9. The SMILES string of the molecule is NS(=O)(=O)c1ccc(N2C(=O)C[C@@H](Sc3ccc(NC(=S)Nc4ccccc4)cc3)C2=O)cc1. The number of nitrogens with two attached hydrogens (primary N) is 1. The van der Waals surface area contributed by atoms with E-state index in [2.05, 4.69) is 10.6 Å². The molecule has 0 radical (unpaired) electrons. The smallest absolute Gasteiger partial charge is 0.247 e. The monoisotopic (exact) mass is 512 g/mol. The van der Waals surface area contributed by atoms with Crippen LogP contribution in [-0.4, -0.2) is 30.6 Å². The van der Waals surface area contributed by atoms with Gasteiger partial charge in [-0.05, 0) is 72.9 Å². The van der Waals surface area contributed by atoms with Crippen molar-refractivity contribution in [2.24, 2.45) is 5.14 Å². The number of nitrogens with zero attached hydrogens (tertiary/aromatic N) is 1. The summed E-state index contributed by atoms with van der Waals surface area (Å²) in [6.45, 7) is 0. The predicted octanol–water partition coefficient (Wildman–Crippen LogP) is 3.57. The summed E-state index contributed by atoms with van der Waals surface area (Å²) in [4.78, 5) is 27.2. The molecule has 0 aliphatic carbocycles. The topological polar surface area (TPSA) is 122 Å². The van der Waals surface area contributed by atoms with Crippen molar-refractivity contribution < 1.29 is 18.0 Å². The Balaban J connectivity index is 1.38. The second-order valence-corrected chi connectivity index (χ2v) is 10.6. The van der Waals surface area contributed by atoms with Crippen molar-refractivity contribution in [2.75, 3.05) is 15.5 Å². The summed E-state index contributed by atoms with van der Waals surface area (Å²) in [6, 6.07) is 22.3. The van der Waals surface area contributed by atoms with Gasteiger partial charge in [0.15, 0.2) is 5.11 Å². The molecule has 1 fully saturated rings. The van der Waals surface area contributed by atoms with Crippen molar-refractivity contribution in [3.8, 4) is 0 Å². The molecule has 1 heterocycles. The zero-order valence-corrected chi connectivity index (χ0v) is 20.1. The van der Waals surface area contributed by atoms with Crippen LogP contribution in [0.1, 0.15) is 6.42 Å². The van der Waals surface area contributed by atoms with Crippen molar-refractivity contribution >= 4 is 68.0 Å². The van der Waals surface area contributed by atoms with Gasteiger partial charge in [0.05, 0.1) is 15.8 Å². The van der Waals surface area contributed by atoms with Gasteiger partial charge < -0.3 is 10.6 Å². The minimum atomic E-state index is -3.86. The molecular weight excluding hydrogens is 492 g/mol. The second-order valence-electron chi connectivity index (χ2n) is 7.39. The molecule has 34 heavy (non-hydrogen) atoms. The second kappa shape index (κ2) is 9.94. The number of thiocarbonyl (C=S) groups is 1. The zero-order valence-electron chi connectivity index (χ0n) is 17.7. The highest BCUT2D eigenvalue weighted by atomic mass is 32.2. The number of para-hydroxylation sites is 1. The van der Waals surface area contributed by atoms with Gasteiger partial charge in [-0.3, -0.25) is 9.59 Å². The quantitative estimate of drug-likeness (QED) is 0.339. The van der Waals surface area contributed by atoms with Gasteiger partial charge in [0.2, 0.25) is 21.8 Å². The molecule has 3 aromatic carbocycles. The standard InChI is InChI=1S/C23H20N4O4S3/c24-34(30,31)19-12-8-17(9-13-19)27-21(28)14-20(22(27)29)33-18-10-6-16(7-11-18)26-23(32)25-15-4-2-1-3-5-15/h1-13,20H,14H2,(H2,24,30,31)(H2,25,26,32)/t20-/m1/s1. The largest absolute Gasteiger partial charge is 0.332 e. The van der Waals surface area contributed by atoms with Crippen LogP contribution in [0.5, 0.6) is 0 Å². The molecule has 0 saturated carbocycles. The van der Waals surface area contributed by atoms with Gasteiger partial charge in [-0.15, -0.1) is 11.8 Å². The molecule has 8 nitrogen and oxygen atoms in total. The van der Waals surface area contributed by atoms with Crippen LogP contribution in [0.4, 0.5) is 17.1 Å². The molecule has 2 amide bonds. The summed E-state index contributed by atoms with van der Waals surface area (Å²) in [6.07, 6.45) is 0.0471. The lowest BCUT2D eigenvalue weighted by Crippen LogP contribution is -2.31. The number of rotatable bonds is 6. The normalized spacial score (nSPS) is 15.9. The molecule has 1 aliphatic rings. The van der Waals surface area contributed by atoms with Gasteiger partial charge in [0.1, 0.15) is 0 Å². The van der Waals surface area contributed by atoms with E-state index in [9.17, 15) is 18.0 Å². The highest BCUT2D eigenvalue weighted by Gasteiger charge is 2.40. The molecule has 4 rings (SSSR count). The Kier molecular flexibility index (Phi) is 6.98. The molecule has 0 aromatic heterocycles. The number of anilines is 3. The predicted molar refractivity (Wildman–Crippen MR) is 137 cm³/mol. The molecule has 4 N–H and O–H groups in total. The number of amides is 2. The lowest BCUT2D eigenvalue weighted by atomic mass is 10.3. The van der Waals surface area contributed by atoms with E-state index in [-0.39, 0.29) is 23.1 Å². The number of carbonyl (C=O) groups excluding carboxylic acids is 2. The molecule has 1 aliphatic heterocycles. The molecule has 3 aromatic rings. The van der Waals surface area contributed by atoms with Crippen molar-refractivity contribution in [1.82, 2.24) is 0 Å². The van der Waals surface area contributed by atoms with Crippen LogP contribution < -0.4 is 20.7 Å². The van der Waals surface area contributed by atoms with Crippen LogP contribution in [0.25, 0.3) is 0 Å². The highest BCUT2D eigenvalue weighted by molar-refractivity contribution is 8.00. The van der Waals surface area contributed by atoms with E-state index in [4.69, 9.17) is 17.4 Å². The first kappa shape index (κ1) is 23.9. The van der Waals surface area contributed by atoms with Crippen LogP contribution in [0.15, 0.2) is 88.7 Å². The van der Waals surface area contributed by atoms with Crippen LogP contribution in [0.3, 0.4) is 0 Å². The number of primary sulfonamides is 1. The first-order valence-electron chi connectivity index (χ1n) is 10.1. The van der Waals surface area contributed by atoms with Crippen molar-refractivity contribution in [2.45, 2.75) is 21.5 Å². The number of benzene rings is 3. The number of nitrogens with one attached hydrogen (secondary N) is 2. The average Bonchev–Trinajstić information content (AvgIpc) is 3.08. The highest BCUT2D eigenvalue weighted by Crippen LogP contribution is 2.34. The number of sulfonamides is 1. The molecule has 1 saturated heterocycles. The first-order chi connectivity index (χ1) is 16.2. The number of imide groups is 1. The number of carbonyl (C=O) groups is 2. The Morgan fingerprint density at radius 3 is 2.09 bits per heavy atom. The molecule has 174 valence electrons. The van der Waals surface area contributed by atoms with E-state index in [1.165, 1.54) is 36.0 Å². The third kappa shape index (κ3) is 5.62. The van der Waals surface area contributed by atoms with Crippen LogP contribution in [0.2, 0.25) is 0 Å². The lowest BCUT2D eigenvalue weighted by molar-refractivity contribution is -0.121. The fraction of sp³-hybridized carbons (Fsp3) is 0.0870.